The number of hydrogen-bond donors (Lipinski definition) is 1. The van der Waals surface area contributed by atoms with E-state index in [2.05, 4.69) is 24.1 Å². The molecule has 23 heavy (non-hydrogen) atoms. The third-order valence-electron chi connectivity index (χ3n) is 4.90. The zero-order chi connectivity index (χ0) is 17.0. The molecule has 6 heteroatoms. The molecule has 0 saturated carbocycles. The average molecular weight is 325 g/mol. The molecule has 2 heterocycles. The summed E-state index contributed by atoms with van der Waals surface area (Å²) in [6, 6.07) is 0.288. The lowest BCUT2D eigenvalue weighted by Crippen LogP contribution is -2.55. The number of ether oxygens (including phenoxy) is 1. The molecule has 0 unspecified atom stereocenters. The zero-order valence-electron chi connectivity index (χ0n) is 14.9. The molecule has 6 nitrogen and oxygen atoms in total. The zero-order valence-corrected chi connectivity index (χ0v) is 14.9. The maximum absolute atomic E-state index is 12.6. The van der Waals surface area contributed by atoms with Crippen LogP contribution in [0.15, 0.2) is 0 Å². The van der Waals surface area contributed by atoms with Crippen molar-refractivity contribution in [1.29, 1.82) is 0 Å². The van der Waals surface area contributed by atoms with Crippen molar-refractivity contribution in [2.45, 2.75) is 58.7 Å². The first-order chi connectivity index (χ1) is 10.9. The van der Waals surface area contributed by atoms with Crippen molar-refractivity contribution >= 4 is 11.8 Å². The largest absolute Gasteiger partial charge is 0.379 e. The first-order valence-corrected chi connectivity index (χ1v) is 8.82. The molecule has 2 aliphatic heterocycles. The van der Waals surface area contributed by atoms with Crippen molar-refractivity contribution in [3.8, 4) is 0 Å². The van der Waals surface area contributed by atoms with Gasteiger partial charge in [0.2, 0.25) is 11.8 Å². The summed E-state index contributed by atoms with van der Waals surface area (Å²) in [6.07, 6.45) is 1.43. The Bertz CT molecular complexity index is 427. The number of nitrogens with one attached hydrogen (secondary N) is 1. The number of amides is 2. The van der Waals surface area contributed by atoms with Crippen LogP contribution in [0.5, 0.6) is 0 Å². The molecule has 2 fully saturated rings. The second kappa shape index (κ2) is 8.11. The Morgan fingerprint density at radius 3 is 2.65 bits per heavy atom. The van der Waals surface area contributed by atoms with Crippen molar-refractivity contribution in [2.75, 3.05) is 32.8 Å². The van der Waals surface area contributed by atoms with Crippen LogP contribution in [0.4, 0.5) is 0 Å². The van der Waals surface area contributed by atoms with Gasteiger partial charge in [0.25, 0.3) is 0 Å². The Labute approximate surface area is 139 Å². The quantitative estimate of drug-likeness (QED) is 0.787. The van der Waals surface area contributed by atoms with Crippen LogP contribution in [0.2, 0.25) is 0 Å². The molecule has 3 atom stereocenters. The fraction of sp³-hybridized carbons (Fsp3) is 0.882. The van der Waals surface area contributed by atoms with Crippen LogP contribution >= 0.6 is 0 Å². The van der Waals surface area contributed by atoms with Gasteiger partial charge in [-0.25, -0.2) is 0 Å². The van der Waals surface area contributed by atoms with Crippen LogP contribution in [0, 0.1) is 5.92 Å². The van der Waals surface area contributed by atoms with Gasteiger partial charge in [0.1, 0.15) is 6.04 Å². The number of likely N-dealkylation sites (tertiary alicyclic amines) is 1. The van der Waals surface area contributed by atoms with E-state index < -0.39 is 0 Å². The van der Waals surface area contributed by atoms with E-state index in [1.165, 1.54) is 0 Å². The van der Waals surface area contributed by atoms with E-state index in [1.807, 2.05) is 13.8 Å². The molecule has 0 aromatic carbocycles. The molecule has 0 spiro atoms. The van der Waals surface area contributed by atoms with Crippen LogP contribution in [-0.2, 0) is 14.3 Å². The maximum Gasteiger partial charge on any atom is 0.243 e. The first-order valence-electron chi connectivity index (χ1n) is 8.82. The number of rotatable bonds is 6. The van der Waals surface area contributed by atoms with E-state index in [0.717, 1.165) is 26.2 Å². The van der Waals surface area contributed by atoms with Crippen molar-refractivity contribution in [3.05, 3.63) is 0 Å². The summed E-state index contributed by atoms with van der Waals surface area (Å²) in [5, 5.41) is 3.06. The lowest BCUT2D eigenvalue weighted by molar-refractivity contribution is -0.139. The second-order valence-corrected chi connectivity index (χ2v) is 7.14. The number of morpholine rings is 1. The van der Waals surface area contributed by atoms with Crippen molar-refractivity contribution in [1.82, 2.24) is 15.1 Å². The lowest BCUT2D eigenvalue weighted by atomic mass is 10.0. The highest BCUT2D eigenvalue weighted by Crippen LogP contribution is 2.19. The fourth-order valence-corrected chi connectivity index (χ4v) is 3.63. The van der Waals surface area contributed by atoms with E-state index in [1.54, 1.807) is 4.90 Å². The van der Waals surface area contributed by atoms with Gasteiger partial charge in [-0.3, -0.25) is 14.5 Å². The predicted octanol–water partition coefficient (Wildman–Crippen LogP) is 0.859. The molecule has 2 aliphatic rings. The van der Waals surface area contributed by atoms with E-state index in [4.69, 9.17) is 4.74 Å². The molecule has 2 amide bonds. The Hall–Kier alpha value is -1.14. The Kier molecular flexibility index (Phi) is 6.41. The fourth-order valence-electron chi connectivity index (χ4n) is 3.63. The molecular formula is C17H31N3O3. The first kappa shape index (κ1) is 18.2. The Morgan fingerprint density at radius 1 is 1.35 bits per heavy atom. The third kappa shape index (κ3) is 4.44. The minimum Gasteiger partial charge on any atom is -0.379 e. The van der Waals surface area contributed by atoms with Gasteiger partial charge in [-0.05, 0) is 26.2 Å². The standard InChI is InChI=1S/C17H31N3O3/c1-12(2)16(20-7-5-6-15(20)21)17(22)18-10-13(3)19-8-9-23-11-14(19)4/h12-14,16H,5-11H2,1-4H3,(H,18,22)/t13-,14+,16-/m1/s1. The van der Waals surface area contributed by atoms with Gasteiger partial charge >= 0.3 is 0 Å². The summed E-state index contributed by atoms with van der Waals surface area (Å²) >= 11 is 0. The minimum absolute atomic E-state index is 0.0250. The SMILES string of the molecule is CC(C)[C@H](C(=O)NC[C@@H](C)N1CCOC[C@@H]1C)N1CCCC1=O. The van der Waals surface area contributed by atoms with Crippen molar-refractivity contribution < 1.29 is 14.3 Å². The average Bonchev–Trinajstić information content (AvgIpc) is 2.91. The summed E-state index contributed by atoms with van der Waals surface area (Å²) in [7, 11) is 0. The second-order valence-electron chi connectivity index (χ2n) is 7.14. The molecule has 1 N–H and O–H groups in total. The van der Waals surface area contributed by atoms with Crippen LogP contribution in [0.3, 0.4) is 0 Å². The van der Waals surface area contributed by atoms with Crippen molar-refractivity contribution in [3.63, 3.8) is 0 Å². The monoisotopic (exact) mass is 325 g/mol. The molecule has 2 rings (SSSR count). The van der Waals surface area contributed by atoms with E-state index in [0.29, 0.717) is 25.6 Å². The number of carbonyl (C=O) groups excluding carboxylic acids is 2. The van der Waals surface area contributed by atoms with Gasteiger partial charge in [-0.2, -0.15) is 0 Å². The minimum atomic E-state index is -0.348. The summed E-state index contributed by atoms with van der Waals surface area (Å²) in [4.78, 5) is 28.7. The third-order valence-corrected chi connectivity index (χ3v) is 4.90. The van der Waals surface area contributed by atoms with Crippen LogP contribution in [0.1, 0.15) is 40.5 Å². The van der Waals surface area contributed by atoms with Gasteiger partial charge < -0.3 is 15.0 Å². The molecule has 0 aliphatic carbocycles. The molecule has 0 bridgehead atoms. The maximum atomic E-state index is 12.6. The topological polar surface area (TPSA) is 61.9 Å². The molecular weight excluding hydrogens is 294 g/mol. The number of nitrogens with zero attached hydrogens (tertiary/aromatic N) is 2. The smallest absolute Gasteiger partial charge is 0.243 e. The summed E-state index contributed by atoms with van der Waals surface area (Å²) in [6.45, 7) is 12.0. The van der Waals surface area contributed by atoms with Gasteiger partial charge in [0, 0.05) is 38.1 Å². The highest BCUT2D eigenvalue weighted by Gasteiger charge is 2.35. The van der Waals surface area contributed by atoms with E-state index in [-0.39, 0.29) is 29.8 Å². The normalized spacial score (nSPS) is 25.7. The van der Waals surface area contributed by atoms with Gasteiger partial charge in [0.05, 0.1) is 13.2 Å². The Balaban J connectivity index is 1.89. The van der Waals surface area contributed by atoms with E-state index >= 15 is 0 Å². The number of hydrogen-bond acceptors (Lipinski definition) is 4. The van der Waals surface area contributed by atoms with E-state index in [9.17, 15) is 9.59 Å². The van der Waals surface area contributed by atoms with Gasteiger partial charge in [0.15, 0.2) is 0 Å². The molecule has 0 aromatic heterocycles. The lowest BCUT2D eigenvalue weighted by Gasteiger charge is -2.38. The molecule has 132 valence electrons. The summed E-state index contributed by atoms with van der Waals surface area (Å²) < 4.78 is 5.46. The molecule has 0 radical (unpaired) electrons. The molecule has 2 saturated heterocycles. The summed E-state index contributed by atoms with van der Waals surface area (Å²) in [5.74, 6) is 0.200. The Morgan fingerprint density at radius 2 is 2.09 bits per heavy atom. The number of carbonyl (C=O) groups is 2. The van der Waals surface area contributed by atoms with Crippen LogP contribution in [-0.4, -0.2) is 72.6 Å². The summed E-state index contributed by atoms with van der Waals surface area (Å²) in [5.41, 5.74) is 0. The predicted molar refractivity (Wildman–Crippen MR) is 89.0 cm³/mol. The van der Waals surface area contributed by atoms with Crippen molar-refractivity contribution in [2.24, 2.45) is 5.92 Å². The van der Waals surface area contributed by atoms with Crippen LogP contribution < -0.4 is 5.32 Å². The van der Waals surface area contributed by atoms with Gasteiger partial charge in [-0.1, -0.05) is 13.8 Å². The van der Waals surface area contributed by atoms with Crippen LogP contribution in [0.25, 0.3) is 0 Å². The highest BCUT2D eigenvalue weighted by atomic mass is 16.5. The van der Waals surface area contributed by atoms with Gasteiger partial charge in [-0.15, -0.1) is 0 Å². The highest BCUT2D eigenvalue weighted by molar-refractivity contribution is 5.88. The molecule has 0 aromatic rings.